The minimum absolute atomic E-state index is 0.412. The van der Waals surface area contributed by atoms with Gasteiger partial charge >= 0.3 is 5.88 Å². The van der Waals surface area contributed by atoms with E-state index in [0.717, 1.165) is 11.6 Å². The van der Waals surface area contributed by atoms with Gasteiger partial charge in [-0.1, -0.05) is 0 Å². The molecule has 1 aromatic rings. The number of anilines is 1. The molecule has 0 fully saturated rings. The van der Waals surface area contributed by atoms with E-state index in [1.807, 2.05) is 18.3 Å². The Balaban J connectivity index is 2.46. The van der Waals surface area contributed by atoms with E-state index in [4.69, 9.17) is 4.74 Å². The van der Waals surface area contributed by atoms with Crippen molar-refractivity contribution in [3.05, 3.63) is 18.3 Å². The molecular formula is C9H14N3O+. The van der Waals surface area contributed by atoms with Gasteiger partial charge in [0.2, 0.25) is 0 Å². The lowest BCUT2D eigenvalue weighted by Gasteiger charge is -2.18. The van der Waals surface area contributed by atoms with Crippen LogP contribution in [-0.2, 0) is 0 Å². The minimum Gasteiger partial charge on any atom is -0.425 e. The highest BCUT2D eigenvalue weighted by Gasteiger charge is 2.22. The lowest BCUT2D eigenvalue weighted by atomic mass is 10.3. The van der Waals surface area contributed by atoms with E-state index in [2.05, 4.69) is 29.3 Å². The van der Waals surface area contributed by atoms with Crippen molar-refractivity contribution in [3.8, 4) is 5.88 Å². The first-order valence-corrected chi connectivity index (χ1v) is 4.45. The summed E-state index contributed by atoms with van der Waals surface area (Å²) in [4.78, 5) is 0. The molecule has 13 heavy (non-hydrogen) atoms. The number of hydrazine groups is 1. The topological polar surface area (TPSA) is 37.2 Å². The third-order valence-electron chi connectivity index (χ3n) is 2.03. The molecule has 2 rings (SSSR count). The van der Waals surface area contributed by atoms with Crippen LogP contribution in [0.25, 0.3) is 0 Å². The molecule has 1 aliphatic rings. The summed E-state index contributed by atoms with van der Waals surface area (Å²) < 4.78 is 7.61. The van der Waals surface area contributed by atoms with Crippen molar-refractivity contribution in [2.24, 2.45) is 0 Å². The maximum atomic E-state index is 5.51. The Morgan fingerprint density at radius 3 is 3.15 bits per heavy atom. The first kappa shape index (κ1) is 8.31. The third kappa shape index (κ3) is 1.45. The van der Waals surface area contributed by atoms with Crippen molar-refractivity contribution < 1.29 is 9.30 Å². The van der Waals surface area contributed by atoms with Gasteiger partial charge < -0.3 is 10.2 Å². The number of rotatable bonds is 1. The number of pyridine rings is 1. The van der Waals surface area contributed by atoms with Crippen LogP contribution >= 0.6 is 0 Å². The van der Waals surface area contributed by atoms with E-state index < -0.39 is 0 Å². The molecule has 0 radical (unpaired) electrons. The summed E-state index contributed by atoms with van der Waals surface area (Å²) in [6.45, 7) is 4.76. The molecule has 2 N–H and O–H groups in total. The summed E-state index contributed by atoms with van der Waals surface area (Å²) in [5.74, 6) is 0.899. The first-order chi connectivity index (χ1) is 6.29. The summed E-state index contributed by atoms with van der Waals surface area (Å²) in [6, 6.07) is 4.40. The largest absolute Gasteiger partial charge is 0.425 e. The van der Waals surface area contributed by atoms with Crippen molar-refractivity contribution in [2.45, 2.75) is 19.9 Å². The fourth-order valence-electron chi connectivity index (χ4n) is 1.40. The molecule has 0 amide bonds. The number of hydrogen-bond donors (Lipinski definition) is 2. The van der Waals surface area contributed by atoms with Crippen molar-refractivity contribution in [3.63, 3.8) is 0 Å². The van der Waals surface area contributed by atoms with E-state index >= 15 is 0 Å². The molecular weight excluding hydrogens is 166 g/mol. The summed E-state index contributed by atoms with van der Waals surface area (Å²) >= 11 is 0. The van der Waals surface area contributed by atoms with Crippen LogP contribution in [0.4, 0.5) is 5.69 Å². The molecule has 4 heteroatoms. The Kier molecular flexibility index (Phi) is 2.06. The summed E-state index contributed by atoms with van der Waals surface area (Å²) in [5.41, 5.74) is 6.97. The van der Waals surface area contributed by atoms with Crippen molar-refractivity contribution in [1.29, 1.82) is 0 Å². The third-order valence-corrected chi connectivity index (χ3v) is 2.03. The first-order valence-electron chi connectivity index (χ1n) is 4.45. The second-order valence-electron chi connectivity index (χ2n) is 3.32. The van der Waals surface area contributed by atoms with Crippen molar-refractivity contribution >= 4 is 5.69 Å². The molecule has 0 aromatic carbocycles. The van der Waals surface area contributed by atoms with Gasteiger partial charge in [-0.25, -0.2) is 5.43 Å². The average molecular weight is 180 g/mol. The van der Waals surface area contributed by atoms with Gasteiger partial charge in [0.05, 0.1) is 0 Å². The Morgan fingerprint density at radius 2 is 2.38 bits per heavy atom. The number of hydrogen-bond acceptors (Lipinski definition) is 3. The molecule has 0 aliphatic carbocycles. The lowest BCUT2D eigenvalue weighted by molar-refractivity contribution is -0.720. The van der Waals surface area contributed by atoms with Crippen LogP contribution in [-0.4, -0.2) is 6.73 Å². The van der Waals surface area contributed by atoms with Gasteiger partial charge in [-0.15, -0.1) is 0 Å². The van der Waals surface area contributed by atoms with Gasteiger partial charge in [0.15, 0.2) is 24.7 Å². The molecule has 0 unspecified atom stereocenters. The van der Waals surface area contributed by atoms with Crippen LogP contribution in [0.5, 0.6) is 5.88 Å². The molecule has 1 aromatic heterocycles. The van der Waals surface area contributed by atoms with Crippen LogP contribution in [0.15, 0.2) is 18.3 Å². The van der Waals surface area contributed by atoms with Crippen LogP contribution in [0.3, 0.4) is 0 Å². The Hall–Kier alpha value is -1.29. The van der Waals surface area contributed by atoms with Gasteiger partial charge in [0, 0.05) is 6.07 Å². The fourth-order valence-corrected chi connectivity index (χ4v) is 1.40. The normalized spacial score (nSPS) is 14.7. The monoisotopic (exact) mass is 180 g/mol. The Bertz CT molecular complexity index is 312. The van der Waals surface area contributed by atoms with Gasteiger partial charge in [0.25, 0.3) is 0 Å². The molecule has 0 bridgehead atoms. The predicted octanol–water partition coefficient (Wildman–Crippen LogP) is 0.821. The van der Waals surface area contributed by atoms with Crippen LogP contribution < -0.4 is 20.2 Å². The van der Waals surface area contributed by atoms with Gasteiger partial charge in [0.1, 0.15) is 0 Å². The number of fused-ring (bicyclic) bond motifs is 1. The molecule has 4 nitrogen and oxygen atoms in total. The summed E-state index contributed by atoms with van der Waals surface area (Å²) in [5, 5.41) is 0. The predicted molar refractivity (Wildman–Crippen MR) is 49.3 cm³/mol. The number of aromatic nitrogens is 1. The van der Waals surface area contributed by atoms with Gasteiger partial charge in [-0.05, 0) is 19.9 Å². The van der Waals surface area contributed by atoms with Crippen molar-refractivity contribution in [2.75, 3.05) is 12.2 Å². The molecule has 1 aliphatic heterocycles. The molecule has 0 spiro atoms. The highest BCUT2D eigenvalue weighted by molar-refractivity contribution is 5.49. The zero-order valence-corrected chi connectivity index (χ0v) is 7.87. The highest BCUT2D eigenvalue weighted by atomic mass is 16.5. The van der Waals surface area contributed by atoms with E-state index in [-0.39, 0.29) is 0 Å². The molecule has 0 atom stereocenters. The SMILES string of the molecule is CC(C)[n+]1cccc2c1OCNN2. The van der Waals surface area contributed by atoms with E-state index in [1.54, 1.807) is 0 Å². The van der Waals surface area contributed by atoms with Crippen LogP contribution in [0.2, 0.25) is 0 Å². The standard InChI is InChI=1S/C9H14N3O/c1-7(2)12-5-3-4-8-9(12)13-6-10-11-8/h3-5,7,10-11H,6H2,1-2H3/q+1. The summed E-state index contributed by atoms with van der Waals surface area (Å²) in [7, 11) is 0. The lowest BCUT2D eigenvalue weighted by Crippen LogP contribution is -2.43. The molecule has 0 saturated heterocycles. The fraction of sp³-hybridized carbons (Fsp3) is 0.444. The maximum Gasteiger partial charge on any atom is 0.394 e. The highest BCUT2D eigenvalue weighted by Crippen LogP contribution is 2.21. The Labute approximate surface area is 77.5 Å². The average Bonchev–Trinajstić information content (AvgIpc) is 2.17. The second kappa shape index (κ2) is 3.22. The number of ether oxygens (including phenoxy) is 1. The second-order valence-corrected chi connectivity index (χ2v) is 3.32. The van der Waals surface area contributed by atoms with Crippen LogP contribution in [0.1, 0.15) is 19.9 Å². The van der Waals surface area contributed by atoms with Crippen LogP contribution in [0, 0.1) is 0 Å². The number of nitrogens with zero attached hydrogens (tertiary/aromatic N) is 1. The molecule has 70 valence electrons. The summed E-state index contributed by atoms with van der Waals surface area (Å²) in [6.07, 6.45) is 2.02. The minimum atomic E-state index is 0.412. The molecule has 0 saturated carbocycles. The van der Waals surface area contributed by atoms with E-state index in [1.165, 1.54) is 0 Å². The zero-order valence-electron chi connectivity index (χ0n) is 7.87. The molecule has 2 heterocycles. The van der Waals surface area contributed by atoms with E-state index in [9.17, 15) is 0 Å². The zero-order chi connectivity index (χ0) is 9.26. The quantitative estimate of drug-likeness (QED) is 0.628. The maximum absolute atomic E-state index is 5.51. The smallest absolute Gasteiger partial charge is 0.394 e. The van der Waals surface area contributed by atoms with Gasteiger partial charge in [-0.2, -0.15) is 4.57 Å². The van der Waals surface area contributed by atoms with Crippen molar-refractivity contribution in [1.82, 2.24) is 5.43 Å². The van der Waals surface area contributed by atoms with Gasteiger partial charge in [-0.3, -0.25) is 0 Å². The number of nitrogens with one attached hydrogen (secondary N) is 2. The van der Waals surface area contributed by atoms with E-state index in [0.29, 0.717) is 12.8 Å². The Morgan fingerprint density at radius 1 is 1.54 bits per heavy atom.